The van der Waals surface area contributed by atoms with E-state index in [2.05, 4.69) is 31.0 Å². The summed E-state index contributed by atoms with van der Waals surface area (Å²) in [6, 6.07) is 5.02. The SMILES string of the molecule is Fc1ccc2c(c1)c1c(n2I)CCNC1. The van der Waals surface area contributed by atoms with Crippen LogP contribution in [0.25, 0.3) is 10.9 Å². The van der Waals surface area contributed by atoms with Crippen molar-refractivity contribution in [3.8, 4) is 0 Å². The number of nitrogens with zero attached hydrogens (tertiary/aromatic N) is 1. The van der Waals surface area contributed by atoms with E-state index < -0.39 is 0 Å². The Balaban J connectivity index is 2.39. The molecule has 0 bridgehead atoms. The van der Waals surface area contributed by atoms with Crippen molar-refractivity contribution in [1.29, 1.82) is 0 Å². The molecular formula is C11H10FIN2. The lowest BCUT2D eigenvalue weighted by Gasteiger charge is -2.13. The molecule has 3 rings (SSSR count). The van der Waals surface area contributed by atoms with Crippen molar-refractivity contribution in [2.24, 2.45) is 0 Å². The highest BCUT2D eigenvalue weighted by molar-refractivity contribution is 14.1. The third kappa shape index (κ3) is 1.38. The van der Waals surface area contributed by atoms with Crippen LogP contribution in [-0.2, 0) is 13.0 Å². The largest absolute Gasteiger partial charge is 0.312 e. The van der Waals surface area contributed by atoms with Crippen LogP contribution in [0.2, 0.25) is 0 Å². The minimum absolute atomic E-state index is 0.155. The molecule has 0 aliphatic carbocycles. The molecule has 2 nitrogen and oxygen atoms in total. The second-order valence-corrected chi connectivity index (χ2v) is 4.76. The number of nitrogens with one attached hydrogen (secondary N) is 1. The minimum Gasteiger partial charge on any atom is -0.312 e. The van der Waals surface area contributed by atoms with Gasteiger partial charge in [0.1, 0.15) is 5.82 Å². The standard InChI is InChI=1S/C11H10FIN2/c12-7-1-2-10-8(5-7)9-6-14-4-3-11(9)15(10)13/h1-2,5,14H,3-4,6H2. The first kappa shape index (κ1) is 9.59. The Morgan fingerprint density at radius 3 is 3.13 bits per heavy atom. The molecule has 4 heteroatoms. The Labute approximate surface area is 101 Å². The van der Waals surface area contributed by atoms with Crippen LogP contribution in [0.1, 0.15) is 11.3 Å². The molecule has 0 saturated heterocycles. The van der Waals surface area contributed by atoms with Gasteiger partial charge < -0.3 is 5.32 Å². The fourth-order valence-electron chi connectivity index (χ4n) is 2.21. The maximum atomic E-state index is 13.2. The number of hydrogen-bond donors (Lipinski definition) is 1. The topological polar surface area (TPSA) is 17.0 Å². The predicted octanol–water partition coefficient (Wildman–Crippen LogP) is 2.62. The van der Waals surface area contributed by atoms with Gasteiger partial charge in [0.25, 0.3) is 0 Å². The zero-order chi connectivity index (χ0) is 10.4. The van der Waals surface area contributed by atoms with E-state index in [0.29, 0.717) is 0 Å². The highest BCUT2D eigenvalue weighted by Crippen LogP contribution is 2.30. The Kier molecular flexibility index (Phi) is 2.21. The second-order valence-electron chi connectivity index (χ2n) is 3.79. The van der Waals surface area contributed by atoms with E-state index in [9.17, 15) is 4.39 Å². The van der Waals surface area contributed by atoms with E-state index in [1.54, 1.807) is 6.07 Å². The Morgan fingerprint density at radius 1 is 1.40 bits per heavy atom. The van der Waals surface area contributed by atoms with Gasteiger partial charge >= 0.3 is 0 Å². The number of fused-ring (bicyclic) bond motifs is 3. The quantitative estimate of drug-likeness (QED) is 0.740. The van der Waals surface area contributed by atoms with Gasteiger partial charge in [-0.15, -0.1) is 0 Å². The molecule has 15 heavy (non-hydrogen) atoms. The molecule has 1 aliphatic heterocycles. The normalized spacial score (nSPS) is 15.6. The Hall–Kier alpha value is -0.620. The summed E-state index contributed by atoms with van der Waals surface area (Å²) in [7, 11) is 0. The van der Waals surface area contributed by atoms with E-state index >= 15 is 0 Å². The summed E-state index contributed by atoms with van der Waals surface area (Å²) >= 11 is 2.29. The van der Waals surface area contributed by atoms with Crippen molar-refractivity contribution in [2.45, 2.75) is 13.0 Å². The Bertz CT molecular complexity index is 533. The van der Waals surface area contributed by atoms with Crippen molar-refractivity contribution in [3.05, 3.63) is 35.3 Å². The van der Waals surface area contributed by atoms with Gasteiger partial charge in [-0.05, 0) is 23.8 Å². The summed E-state index contributed by atoms with van der Waals surface area (Å²) in [4.78, 5) is 0. The first-order valence-electron chi connectivity index (χ1n) is 4.96. The smallest absolute Gasteiger partial charge is 0.123 e. The lowest BCUT2D eigenvalue weighted by molar-refractivity contribution is 0.628. The van der Waals surface area contributed by atoms with E-state index in [1.165, 1.54) is 17.3 Å². The van der Waals surface area contributed by atoms with Crippen molar-refractivity contribution < 1.29 is 4.39 Å². The van der Waals surface area contributed by atoms with Crippen LogP contribution in [0.3, 0.4) is 0 Å². The molecule has 0 saturated carbocycles. The van der Waals surface area contributed by atoms with Crippen molar-refractivity contribution >= 4 is 33.8 Å². The number of halogens is 2. The third-order valence-electron chi connectivity index (χ3n) is 2.92. The molecule has 2 aromatic rings. The molecule has 0 amide bonds. The number of rotatable bonds is 0. The second kappa shape index (κ2) is 3.45. The van der Waals surface area contributed by atoms with Gasteiger partial charge in [-0.25, -0.2) is 4.39 Å². The third-order valence-corrected chi connectivity index (χ3v) is 4.02. The first-order chi connectivity index (χ1) is 7.27. The maximum Gasteiger partial charge on any atom is 0.123 e. The molecule has 0 fully saturated rings. The first-order valence-corrected chi connectivity index (χ1v) is 5.92. The van der Waals surface area contributed by atoms with Crippen molar-refractivity contribution in [3.63, 3.8) is 0 Å². The zero-order valence-electron chi connectivity index (χ0n) is 8.06. The summed E-state index contributed by atoms with van der Waals surface area (Å²) in [5, 5.41) is 4.37. The molecule has 0 spiro atoms. The van der Waals surface area contributed by atoms with E-state index in [-0.39, 0.29) is 5.82 Å². The molecule has 1 aromatic carbocycles. The summed E-state index contributed by atoms with van der Waals surface area (Å²) in [5.74, 6) is -0.155. The number of benzene rings is 1. The molecular weight excluding hydrogens is 306 g/mol. The molecule has 0 unspecified atom stereocenters. The van der Waals surface area contributed by atoms with Gasteiger partial charge in [0.2, 0.25) is 0 Å². The van der Waals surface area contributed by atoms with Crippen LogP contribution in [0.5, 0.6) is 0 Å². The lowest BCUT2D eigenvalue weighted by atomic mass is 10.1. The van der Waals surface area contributed by atoms with Crippen LogP contribution < -0.4 is 5.32 Å². The predicted molar refractivity (Wildman–Crippen MR) is 66.7 cm³/mol. The molecule has 0 atom stereocenters. The van der Waals surface area contributed by atoms with Gasteiger partial charge in [-0.3, -0.25) is 2.78 Å². The van der Waals surface area contributed by atoms with E-state index in [0.717, 1.165) is 30.4 Å². The molecule has 1 aromatic heterocycles. The average Bonchev–Trinajstić information content (AvgIpc) is 2.54. The molecule has 2 heterocycles. The summed E-state index contributed by atoms with van der Waals surface area (Å²) in [6.07, 6.45) is 1.02. The molecule has 1 aliphatic rings. The zero-order valence-corrected chi connectivity index (χ0v) is 10.2. The fourth-order valence-corrected chi connectivity index (χ4v) is 3.16. The van der Waals surface area contributed by atoms with Crippen LogP contribution >= 0.6 is 22.9 Å². The average molecular weight is 316 g/mol. The highest BCUT2D eigenvalue weighted by Gasteiger charge is 2.18. The summed E-state index contributed by atoms with van der Waals surface area (Å²) < 4.78 is 15.3. The van der Waals surface area contributed by atoms with Gasteiger partial charge in [-0.1, -0.05) is 0 Å². The lowest BCUT2D eigenvalue weighted by Crippen LogP contribution is -2.23. The van der Waals surface area contributed by atoms with E-state index in [4.69, 9.17) is 0 Å². The highest BCUT2D eigenvalue weighted by atomic mass is 127. The number of hydrogen-bond acceptors (Lipinski definition) is 1. The van der Waals surface area contributed by atoms with Crippen LogP contribution in [0.15, 0.2) is 18.2 Å². The van der Waals surface area contributed by atoms with Gasteiger partial charge in [0, 0.05) is 30.6 Å². The van der Waals surface area contributed by atoms with Gasteiger partial charge in [0.05, 0.1) is 28.4 Å². The van der Waals surface area contributed by atoms with Gasteiger partial charge in [-0.2, -0.15) is 0 Å². The van der Waals surface area contributed by atoms with E-state index in [1.807, 2.05) is 6.07 Å². The number of aromatic nitrogens is 1. The minimum atomic E-state index is -0.155. The summed E-state index contributed by atoms with van der Waals surface area (Å²) in [6.45, 7) is 1.86. The fraction of sp³-hybridized carbons (Fsp3) is 0.273. The maximum absolute atomic E-state index is 13.2. The van der Waals surface area contributed by atoms with Crippen LogP contribution in [-0.4, -0.2) is 9.33 Å². The van der Waals surface area contributed by atoms with Gasteiger partial charge in [0.15, 0.2) is 0 Å². The summed E-state index contributed by atoms with van der Waals surface area (Å²) in [5.41, 5.74) is 3.70. The molecule has 1 N–H and O–H groups in total. The van der Waals surface area contributed by atoms with Crippen LogP contribution in [0.4, 0.5) is 4.39 Å². The van der Waals surface area contributed by atoms with Crippen molar-refractivity contribution in [1.82, 2.24) is 8.10 Å². The Morgan fingerprint density at radius 2 is 2.27 bits per heavy atom. The molecule has 78 valence electrons. The molecule has 0 radical (unpaired) electrons. The van der Waals surface area contributed by atoms with Crippen LogP contribution in [0, 0.1) is 5.82 Å². The monoisotopic (exact) mass is 316 g/mol. The van der Waals surface area contributed by atoms with Crippen molar-refractivity contribution in [2.75, 3.05) is 6.54 Å².